The molecule has 2 N–H and O–H groups in total. The van der Waals surface area contributed by atoms with Crippen molar-refractivity contribution in [3.05, 3.63) is 94.9 Å². The summed E-state index contributed by atoms with van der Waals surface area (Å²) in [4.78, 5) is 26.1. The van der Waals surface area contributed by atoms with Crippen LogP contribution in [0.3, 0.4) is 0 Å². The van der Waals surface area contributed by atoms with Gasteiger partial charge >= 0.3 is 24.4 Å². The first-order valence-electron chi connectivity index (χ1n) is 12.3. The molecule has 3 heterocycles. The topological polar surface area (TPSA) is 112 Å². The number of aromatic nitrogens is 3. The Morgan fingerprint density at radius 1 is 1.02 bits per heavy atom. The van der Waals surface area contributed by atoms with Gasteiger partial charge in [-0.25, -0.2) is 24.1 Å². The summed E-state index contributed by atoms with van der Waals surface area (Å²) in [6.07, 6.45) is -4.24. The average Bonchev–Trinajstić information content (AvgIpc) is 3.60. The van der Waals surface area contributed by atoms with Gasteiger partial charge < -0.3 is 10.4 Å². The summed E-state index contributed by atoms with van der Waals surface area (Å²) in [6.45, 7) is 1.91. The van der Waals surface area contributed by atoms with Crippen molar-refractivity contribution in [2.24, 2.45) is 5.10 Å². The maximum atomic E-state index is 13.0. The Balaban J connectivity index is 0.000000541. The molecule has 5 rings (SSSR count). The number of carboxylic acid groups (broad SMARTS) is 1. The molecule has 1 atom stereocenters. The SMILES string of the molecule is Cc1ccc(NC(=O)N2N=CCC2c2ccc(C(F)(F)F)cc2)cc1C#Cc1cnc2cccnn12.O=C(O)C(F)(F)F. The number of carboxylic acids is 1. The normalized spacial score (nSPS) is 14.5. The molecule has 1 unspecified atom stereocenters. The minimum atomic E-state index is -5.08. The van der Waals surface area contributed by atoms with Crippen LogP contribution in [0.15, 0.2) is 72.1 Å². The number of carbonyl (C=O) groups excluding carboxylic acids is 1. The molecule has 9 nitrogen and oxygen atoms in total. The standard InChI is InChI=1S/C26H19F3N6O.C2HF3O2/c1-17-4-10-21(15-19(17)7-11-22-16-30-24-3-2-13-31-34(22)24)33-25(36)35-23(12-14-32-35)18-5-8-20(9-6-18)26(27,28)29;3-2(4,5)1(6)7/h2-6,8-10,13-16,23H,12H2,1H3,(H,33,36);(H,6,7). The van der Waals surface area contributed by atoms with Gasteiger partial charge in [0.15, 0.2) is 5.65 Å². The van der Waals surface area contributed by atoms with Crippen molar-refractivity contribution in [3.63, 3.8) is 0 Å². The van der Waals surface area contributed by atoms with E-state index in [1.165, 1.54) is 17.1 Å². The van der Waals surface area contributed by atoms with Gasteiger partial charge in [-0.15, -0.1) is 0 Å². The number of imidazole rings is 1. The third-order valence-corrected chi connectivity index (χ3v) is 6.00. The molecule has 0 aliphatic carbocycles. The Kier molecular flexibility index (Phi) is 8.69. The molecule has 2 aromatic carbocycles. The minimum absolute atomic E-state index is 0.400. The van der Waals surface area contributed by atoms with Gasteiger partial charge in [0.2, 0.25) is 0 Å². The van der Waals surface area contributed by atoms with Crippen molar-refractivity contribution < 1.29 is 41.0 Å². The maximum Gasteiger partial charge on any atom is 0.490 e. The lowest BCUT2D eigenvalue weighted by Gasteiger charge is -2.23. The molecule has 15 heteroatoms. The van der Waals surface area contributed by atoms with Crippen molar-refractivity contribution in [3.8, 4) is 11.8 Å². The first kappa shape index (κ1) is 30.6. The minimum Gasteiger partial charge on any atom is -0.475 e. The zero-order valence-electron chi connectivity index (χ0n) is 22.0. The van der Waals surface area contributed by atoms with Crippen LogP contribution in [-0.2, 0) is 11.0 Å². The Bertz CT molecular complexity index is 1740. The fourth-order valence-corrected chi connectivity index (χ4v) is 3.84. The van der Waals surface area contributed by atoms with E-state index in [2.05, 4.69) is 32.3 Å². The molecule has 0 spiro atoms. The predicted octanol–water partition coefficient (Wildman–Crippen LogP) is 6.05. The van der Waals surface area contributed by atoms with Crippen molar-refractivity contribution in [2.45, 2.75) is 31.7 Å². The summed E-state index contributed by atoms with van der Waals surface area (Å²) in [5.41, 5.74) is 3.28. The highest BCUT2D eigenvalue weighted by Gasteiger charge is 2.38. The highest BCUT2D eigenvalue weighted by Crippen LogP contribution is 2.33. The number of hydrazone groups is 1. The van der Waals surface area contributed by atoms with Gasteiger partial charge in [0, 0.05) is 30.1 Å². The van der Waals surface area contributed by atoms with Crippen molar-refractivity contribution in [2.75, 3.05) is 5.32 Å². The monoisotopic (exact) mass is 602 g/mol. The lowest BCUT2D eigenvalue weighted by Crippen LogP contribution is -2.31. The number of hydrogen-bond donors (Lipinski definition) is 2. The van der Waals surface area contributed by atoms with E-state index in [0.717, 1.165) is 17.7 Å². The van der Waals surface area contributed by atoms with E-state index in [0.29, 0.717) is 34.6 Å². The number of anilines is 1. The van der Waals surface area contributed by atoms with E-state index >= 15 is 0 Å². The van der Waals surface area contributed by atoms with Gasteiger partial charge in [-0.05, 0) is 60.4 Å². The number of alkyl halides is 6. The number of aryl methyl sites for hydroxylation is 1. The Labute approximate surface area is 239 Å². The van der Waals surface area contributed by atoms with Crippen LogP contribution in [0.5, 0.6) is 0 Å². The zero-order chi connectivity index (χ0) is 31.4. The average molecular weight is 602 g/mol. The Morgan fingerprint density at radius 3 is 2.37 bits per heavy atom. The number of urea groups is 1. The second-order valence-electron chi connectivity index (χ2n) is 8.96. The number of carbonyl (C=O) groups is 2. The second-order valence-corrected chi connectivity index (χ2v) is 8.96. The van der Waals surface area contributed by atoms with Crippen LogP contribution in [-0.4, -0.2) is 49.1 Å². The van der Waals surface area contributed by atoms with E-state index in [1.54, 1.807) is 41.3 Å². The van der Waals surface area contributed by atoms with Gasteiger partial charge in [-0.3, -0.25) is 0 Å². The van der Waals surface area contributed by atoms with Gasteiger partial charge in [-0.1, -0.05) is 24.1 Å². The molecule has 0 radical (unpaired) electrons. The quantitative estimate of drug-likeness (QED) is 0.214. The van der Waals surface area contributed by atoms with E-state index in [1.807, 2.05) is 19.1 Å². The lowest BCUT2D eigenvalue weighted by molar-refractivity contribution is -0.192. The third kappa shape index (κ3) is 7.47. The number of amides is 2. The molecule has 2 amide bonds. The van der Waals surface area contributed by atoms with E-state index < -0.39 is 36.0 Å². The molecule has 0 fully saturated rings. The molecule has 222 valence electrons. The largest absolute Gasteiger partial charge is 0.490 e. The molecule has 43 heavy (non-hydrogen) atoms. The first-order valence-corrected chi connectivity index (χ1v) is 12.3. The summed E-state index contributed by atoms with van der Waals surface area (Å²) in [7, 11) is 0. The van der Waals surface area contributed by atoms with Crippen molar-refractivity contribution in [1.82, 2.24) is 19.6 Å². The molecule has 0 saturated carbocycles. The van der Waals surface area contributed by atoms with Crippen LogP contribution in [0.2, 0.25) is 0 Å². The van der Waals surface area contributed by atoms with Gasteiger partial charge in [0.1, 0.15) is 5.69 Å². The van der Waals surface area contributed by atoms with E-state index in [9.17, 15) is 31.1 Å². The number of benzene rings is 2. The first-order chi connectivity index (χ1) is 20.2. The number of hydrogen-bond acceptors (Lipinski definition) is 5. The fraction of sp³-hybridized carbons (Fsp3) is 0.179. The van der Waals surface area contributed by atoms with Crippen molar-refractivity contribution >= 4 is 29.5 Å². The van der Waals surface area contributed by atoms with Crippen molar-refractivity contribution in [1.29, 1.82) is 0 Å². The second kappa shape index (κ2) is 12.2. The number of nitrogens with one attached hydrogen (secondary N) is 1. The maximum absolute atomic E-state index is 13.0. The summed E-state index contributed by atoms with van der Waals surface area (Å²) >= 11 is 0. The predicted molar refractivity (Wildman–Crippen MR) is 142 cm³/mol. The Morgan fingerprint density at radius 2 is 1.72 bits per heavy atom. The molecule has 0 bridgehead atoms. The number of aliphatic carboxylic acids is 1. The summed E-state index contributed by atoms with van der Waals surface area (Å²) in [5, 5.41) is 19.5. The molecular formula is C28H20F6N6O3. The zero-order valence-corrected chi connectivity index (χ0v) is 22.0. The number of halogens is 6. The lowest BCUT2D eigenvalue weighted by atomic mass is 10.0. The summed E-state index contributed by atoms with van der Waals surface area (Å²) < 4.78 is 72.1. The number of rotatable bonds is 2. The highest BCUT2D eigenvalue weighted by molar-refractivity contribution is 5.91. The molecule has 4 aromatic rings. The van der Waals surface area contributed by atoms with Crippen LogP contribution in [0.4, 0.5) is 36.8 Å². The molecule has 1 aliphatic rings. The van der Waals surface area contributed by atoms with Crippen LogP contribution in [0, 0.1) is 18.8 Å². The van der Waals surface area contributed by atoms with E-state index in [4.69, 9.17) is 9.90 Å². The summed E-state index contributed by atoms with van der Waals surface area (Å²) in [5.74, 6) is 3.41. The van der Waals surface area contributed by atoms with E-state index in [-0.39, 0.29) is 0 Å². The van der Waals surface area contributed by atoms with Crippen LogP contribution >= 0.6 is 0 Å². The van der Waals surface area contributed by atoms with Gasteiger partial charge in [-0.2, -0.15) is 36.5 Å². The molecule has 0 saturated heterocycles. The van der Waals surface area contributed by atoms with Crippen LogP contribution in [0.25, 0.3) is 5.65 Å². The Hall–Kier alpha value is -5.39. The smallest absolute Gasteiger partial charge is 0.475 e. The highest BCUT2D eigenvalue weighted by atomic mass is 19.4. The number of fused-ring (bicyclic) bond motifs is 1. The van der Waals surface area contributed by atoms with Crippen LogP contribution in [0.1, 0.15) is 40.4 Å². The van der Waals surface area contributed by atoms with Gasteiger partial charge in [0.25, 0.3) is 0 Å². The summed E-state index contributed by atoms with van der Waals surface area (Å²) in [6, 6.07) is 12.7. The molecule has 1 aliphatic heterocycles. The van der Waals surface area contributed by atoms with Crippen LogP contribution < -0.4 is 5.32 Å². The fourth-order valence-electron chi connectivity index (χ4n) is 3.84. The third-order valence-electron chi connectivity index (χ3n) is 6.00. The number of nitrogens with zero attached hydrogens (tertiary/aromatic N) is 5. The van der Waals surface area contributed by atoms with Gasteiger partial charge in [0.05, 0.1) is 17.8 Å². The molecule has 2 aromatic heterocycles. The molecular weight excluding hydrogens is 582 g/mol.